The van der Waals surface area contributed by atoms with E-state index in [1.54, 1.807) is 24.5 Å². The number of hydrogen-bond acceptors (Lipinski definition) is 5. The van der Waals surface area contributed by atoms with Gasteiger partial charge in [0.05, 0.1) is 28.7 Å². The molecule has 0 aliphatic carbocycles. The maximum Gasteiger partial charge on any atom is 0.307 e. The molecule has 0 spiro atoms. The first-order chi connectivity index (χ1) is 15.2. The number of aliphatic carboxylic acids is 1. The van der Waals surface area contributed by atoms with Crippen LogP contribution < -0.4 is 4.90 Å². The van der Waals surface area contributed by atoms with E-state index in [-0.39, 0.29) is 27.1 Å². The molecule has 0 saturated heterocycles. The Morgan fingerprint density at radius 2 is 1.84 bits per heavy atom. The molecule has 4 aromatic rings. The van der Waals surface area contributed by atoms with E-state index in [0.29, 0.717) is 0 Å². The molecule has 0 aliphatic heterocycles. The molecule has 0 fully saturated rings. The third-order valence-corrected chi connectivity index (χ3v) is 7.19. The lowest BCUT2D eigenvalue weighted by Crippen LogP contribution is -2.15. The van der Waals surface area contributed by atoms with Gasteiger partial charge in [-0.25, -0.2) is 16.8 Å². The summed E-state index contributed by atoms with van der Waals surface area (Å²) in [6.45, 7) is 1.53. The zero-order chi connectivity index (χ0) is 23.0. The van der Waals surface area contributed by atoms with Crippen LogP contribution in [0.4, 0.5) is 15.8 Å². The number of rotatable bonds is 6. The fourth-order valence-electron chi connectivity index (χ4n) is 3.76. The van der Waals surface area contributed by atoms with Gasteiger partial charge in [0, 0.05) is 30.0 Å². The van der Waals surface area contributed by atoms with Gasteiger partial charge in [-0.1, -0.05) is 0 Å². The summed E-state index contributed by atoms with van der Waals surface area (Å²) in [6.07, 6.45) is 2.95. The van der Waals surface area contributed by atoms with Crippen molar-refractivity contribution >= 4 is 38.3 Å². The number of nitrogens with zero attached hydrogens (tertiary/aromatic N) is 3. The van der Waals surface area contributed by atoms with Crippen molar-refractivity contribution in [1.82, 2.24) is 8.96 Å². The summed E-state index contributed by atoms with van der Waals surface area (Å²) < 4.78 is 41.9. The molecule has 9 heteroatoms. The third kappa shape index (κ3) is 3.71. The second kappa shape index (κ2) is 8.08. The average molecular weight is 453 g/mol. The lowest BCUT2D eigenvalue weighted by Gasteiger charge is -2.19. The van der Waals surface area contributed by atoms with Gasteiger partial charge in [0.25, 0.3) is 10.0 Å². The molecule has 2 heterocycles. The number of carbonyl (C=O) groups is 1. The number of carboxylic acids is 1. The summed E-state index contributed by atoms with van der Waals surface area (Å²) in [6, 6.07) is 13.7. The van der Waals surface area contributed by atoms with Crippen molar-refractivity contribution in [2.75, 3.05) is 11.9 Å². The number of aromatic nitrogens is 2. The molecule has 2 aromatic carbocycles. The van der Waals surface area contributed by atoms with Crippen molar-refractivity contribution in [2.45, 2.75) is 18.2 Å². The lowest BCUT2D eigenvalue weighted by atomic mass is 10.1. The first-order valence-corrected chi connectivity index (χ1v) is 11.1. The first-order valence-electron chi connectivity index (χ1n) is 9.71. The van der Waals surface area contributed by atoms with Crippen molar-refractivity contribution in [3.8, 4) is 0 Å². The van der Waals surface area contributed by atoms with Crippen LogP contribution in [0.2, 0.25) is 0 Å². The highest BCUT2D eigenvalue weighted by Crippen LogP contribution is 2.32. The van der Waals surface area contributed by atoms with Crippen molar-refractivity contribution in [3.05, 3.63) is 84.1 Å². The van der Waals surface area contributed by atoms with E-state index >= 15 is 0 Å². The van der Waals surface area contributed by atoms with Gasteiger partial charge in [-0.3, -0.25) is 9.78 Å². The average Bonchev–Trinajstić information content (AvgIpc) is 3.05. The summed E-state index contributed by atoms with van der Waals surface area (Å²) in [5, 5.41) is 9.53. The molecule has 0 bridgehead atoms. The smallest absolute Gasteiger partial charge is 0.307 e. The summed E-state index contributed by atoms with van der Waals surface area (Å²) in [4.78, 5) is 17.3. The minimum absolute atomic E-state index is 0.0343. The van der Waals surface area contributed by atoms with Gasteiger partial charge < -0.3 is 10.0 Å². The number of fused-ring (bicyclic) bond motifs is 1. The van der Waals surface area contributed by atoms with Gasteiger partial charge in [-0.15, -0.1) is 0 Å². The lowest BCUT2D eigenvalue weighted by molar-refractivity contribution is -0.136. The molecule has 0 unspecified atom stereocenters. The van der Waals surface area contributed by atoms with Gasteiger partial charge in [0.15, 0.2) is 0 Å². The maximum absolute atomic E-state index is 13.9. The van der Waals surface area contributed by atoms with Gasteiger partial charge in [0.2, 0.25) is 0 Å². The van der Waals surface area contributed by atoms with Crippen LogP contribution in [-0.2, 0) is 21.2 Å². The van der Waals surface area contributed by atoms with E-state index in [0.717, 1.165) is 21.4 Å². The molecule has 2 aromatic heterocycles. The van der Waals surface area contributed by atoms with E-state index in [1.165, 1.54) is 31.2 Å². The second-order valence-corrected chi connectivity index (χ2v) is 9.12. The molecule has 0 radical (unpaired) electrons. The number of halogens is 1. The first kappa shape index (κ1) is 21.5. The van der Waals surface area contributed by atoms with Crippen molar-refractivity contribution in [2.24, 2.45) is 0 Å². The molecule has 0 aliphatic rings. The zero-order valence-corrected chi connectivity index (χ0v) is 18.2. The predicted octanol–water partition coefficient (Wildman–Crippen LogP) is 4.12. The number of carboxylic acid groups (broad SMARTS) is 1. The fraction of sp³-hybridized carbons (Fsp3) is 0.130. The Labute approximate surface area is 184 Å². The quantitative estimate of drug-likeness (QED) is 0.472. The molecule has 0 saturated carbocycles. The Bertz CT molecular complexity index is 1420. The van der Waals surface area contributed by atoms with Crippen LogP contribution in [0.15, 0.2) is 71.9 Å². The highest BCUT2D eigenvalue weighted by Gasteiger charge is 2.26. The largest absolute Gasteiger partial charge is 0.481 e. The van der Waals surface area contributed by atoms with Crippen molar-refractivity contribution in [1.29, 1.82) is 0 Å². The van der Waals surface area contributed by atoms with Gasteiger partial charge >= 0.3 is 5.97 Å². The minimum atomic E-state index is -4.06. The Morgan fingerprint density at radius 1 is 1.12 bits per heavy atom. The van der Waals surface area contributed by atoms with Crippen LogP contribution in [0.3, 0.4) is 0 Å². The molecule has 4 rings (SSSR count). The predicted molar refractivity (Wildman–Crippen MR) is 119 cm³/mol. The van der Waals surface area contributed by atoms with E-state index in [4.69, 9.17) is 0 Å². The standard InChI is InChI=1S/C23H20FN3O4S/c1-15-20(13-23(28)29)21-12-16(24)5-10-22(21)27(15)32(30,31)19-8-6-17(7-9-19)26(2)18-4-3-11-25-14-18/h3-12,14H,13H2,1-2H3,(H,28,29). The Balaban J connectivity index is 1.80. The maximum atomic E-state index is 13.9. The zero-order valence-electron chi connectivity index (χ0n) is 17.4. The number of benzene rings is 2. The monoisotopic (exact) mass is 453 g/mol. The third-order valence-electron chi connectivity index (χ3n) is 5.37. The van der Waals surface area contributed by atoms with Crippen molar-refractivity contribution < 1.29 is 22.7 Å². The summed E-state index contributed by atoms with van der Waals surface area (Å²) in [5.74, 6) is -1.70. The number of anilines is 2. The van der Waals surface area contributed by atoms with Crippen LogP contribution in [0.1, 0.15) is 11.3 Å². The van der Waals surface area contributed by atoms with Crippen LogP contribution in [0, 0.1) is 12.7 Å². The Kier molecular flexibility index (Phi) is 5.43. The molecule has 7 nitrogen and oxygen atoms in total. The van der Waals surface area contributed by atoms with Crippen LogP contribution in [0.5, 0.6) is 0 Å². The van der Waals surface area contributed by atoms with Crippen LogP contribution in [-0.4, -0.2) is 35.5 Å². The van der Waals surface area contributed by atoms with Crippen molar-refractivity contribution in [3.63, 3.8) is 0 Å². The topological polar surface area (TPSA) is 92.5 Å². The fourth-order valence-corrected chi connectivity index (χ4v) is 5.34. The summed E-state index contributed by atoms with van der Waals surface area (Å²) in [5.41, 5.74) is 2.35. The van der Waals surface area contributed by atoms with E-state index < -0.39 is 28.2 Å². The molecule has 0 atom stereocenters. The van der Waals surface area contributed by atoms with Gasteiger partial charge in [0.1, 0.15) is 5.82 Å². The summed E-state index contributed by atoms with van der Waals surface area (Å²) >= 11 is 0. The minimum Gasteiger partial charge on any atom is -0.481 e. The van der Waals surface area contributed by atoms with Crippen LogP contribution >= 0.6 is 0 Å². The highest BCUT2D eigenvalue weighted by atomic mass is 32.2. The molecular formula is C23H20FN3O4S. The molecule has 1 N–H and O–H groups in total. The number of pyridine rings is 1. The Morgan fingerprint density at radius 3 is 2.47 bits per heavy atom. The molecule has 32 heavy (non-hydrogen) atoms. The van der Waals surface area contributed by atoms with E-state index in [1.807, 2.05) is 24.1 Å². The van der Waals surface area contributed by atoms with Crippen LogP contribution in [0.25, 0.3) is 10.9 Å². The summed E-state index contributed by atoms with van der Waals surface area (Å²) in [7, 11) is -2.22. The second-order valence-electron chi connectivity index (χ2n) is 7.33. The van der Waals surface area contributed by atoms with E-state index in [2.05, 4.69) is 4.98 Å². The van der Waals surface area contributed by atoms with Gasteiger partial charge in [-0.05, 0) is 67.1 Å². The van der Waals surface area contributed by atoms with Gasteiger partial charge in [-0.2, -0.15) is 0 Å². The Hall–Kier alpha value is -3.72. The SMILES string of the molecule is Cc1c(CC(=O)O)c2cc(F)ccc2n1S(=O)(=O)c1ccc(N(C)c2cccnc2)cc1. The number of hydrogen-bond donors (Lipinski definition) is 1. The molecular weight excluding hydrogens is 433 g/mol. The molecule has 164 valence electrons. The normalized spacial score (nSPS) is 11.6. The molecule has 0 amide bonds. The van der Waals surface area contributed by atoms with E-state index in [9.17, 15) is 22.7 Å². The highest BCUT2D eigenvalue weighted by molar-refractivity contribution is 7.90.